The average Bonchev–Trinajstić information content (AvgIpc) is 3.09. The number of allylic oxidation sites excluding steroid dienone is 2. The van der Waals surface area contributed by atoms with Crippen LogP contribution in [-0.4, -0.2) is 96.0 Å². The highest BCUT2D eigenvalue weighted by atomic mass is 32.2. The largest absolute Gasteiger partial charge is 0.462 e. The van der Waals surface area contributed by atoms with E-state index in [1.807, 2.05) is 0 Å². The molecule has 1 fully saturated rings. The Morgan fingerprint density at radius 3 is 1.69 bits per heavy atom. The van der Waals surface area contributed by atoms with Crippen LogP contribution in [-0.2, 0) is 38.7 Å². The maximum atomic E-state index is 12.7. The molecule has 300 valence electrons. The van der Waals surface area contributed by atoms with Crippen LogP contribution in [0.2, 0.25) is 0 Å². The highest BCUT2D eigenvalue weighted by Crippen LogP contribution is 2.24. The maximum Gasteiger partial charge on any atom is 0.306 e. The molecule has 1 rings (SSSR count). The number of aliphatic hydroxyl groups is 3. The molecular weight excluding hydrogens is 680 g/mol. The molecule has 0 saturated carbocycles. The minimum absolute atomic E-state index is 0.165. The van der Waals surface area contributed by atoms with Gasteiger partial charge in [0.25, 0.3) is 10.1 Å². The molecule has 1 saturated heterocycles. The Labute approximate surface area is 307 Å². The molecule has 4 N–H and O–H groups in total. The second-order valence-corrected chi connectivity index (χ2v) is 15.4. The average molecular weight is 751 g/mol. The first-order valence-electron chi connectivity index (χ1n) is 19.7. The van der Waals surface area contributed by atoms with Crippen molar-refractivity contribution >= 4 is 22.1 Å². The molecule has 51 heavy (non-hydrogen) atoms. The molecule has 0 spiro atoms. The van der Waals surface area contributed by atoms with Crippen LogP contribution in [0, 0.1) is 0 Å². The van der Waals surface area contributed by atoms with Crippen molar-refractivity contribution in [3.05, 3.63) is 12.2 Å². The molecule has 13 heteroatoms. The topological polar surface area (TPSA) is 186 Å². The number of hydrogen-bond acceptors (Lipinski definition) is 11. The lowest BCUT2D eigenvalue weighted by atomic mass is 10.00. The van der Waals surface area contributed by atoms with E-state index in [2.05, 4.69) is 26.0 Å². The van der Waals surface area contributed by atoms with Gasteiger partial charge in [0.2, 0.25) is 0 Å². The molecule has 1 heterocycles. The summed E-state index contributed by atoms with van der Waals surface area (Å²) in [6.07, 6.45) is 18.6. The summed E-state index contributed by atoms with van der Waals surface area (Å²) < 4.78 is 53.7. The second kappa shape index (κ2) is 29.8. The number of ether oxygens (including phenoxy) is 4. The van der Waals surface area contributed by atoms with Crippen LogP contribution >= 0.6 is 0 Å². The summed E-state index contributed by atoms with van der Waals surface area (Å²) in [6.45, 7) is 3.67. The third kappa shape index (κ3) is 25.1. The molecule has 0 amide bonds. The first kappa shape index (κ1) is 47.4. The summed E-state index contributed by atoms with van der Waals surface area (Å²) in [6, 6.07) is 0. The minimum Gasteiger partial charge on any atom is -0.462 e. The van der Waals surface area contributed by atoms with Crippen LogP contribution in [0.1, 0.15) is 162 Å². The van der Waals surface area contributed by atoms with Crippen molar-refractivity contribution < 1.29 is 56.8 Å². The highest BCUT2D eigenvalue weighted by molar-refractivity contribution is 7.85. The summed E-state index contributed by atoms with van der Waals surface area (Å²) in [5.74, 6) is -1.98. The Kier molecular flexibility index (Phi) is 27.7. The molecule has 0 aliphatic carbocycles. The Balaban J connectivity index is 2.49. The van der Waals surface area contributed by atoms with Crippen LogP contribution in [0.15, 0.2) is 12.2 Å². The van der Waals surface area contributed by atoms with E-state index >= 15 is 0 Å². The molecule has 1 aliphatic heterocycles. The summed E-state index contributed by atoms with van der Waals surface area (Å²) in [5.41, 5.74) is 0. The van der Waals surface area contributed by atoms with Gasteiger partial charge in [0.15, 0.2) is 12.4 Å². The van der Waals surface area contributed by atoms with Crippen LogP contribution < -0.4 is 0 Å². The lowest BCUT2D eigenvalue weighted by Gasteiger charge is -2.40. The van der Waals surface area contributed by atoms with Crippen molar-refractivity contribution in [2.75, 3.05) is 19.0 Å². The highest BCUT2D eigenvalue weighted by Gasteiger charge is 2.46. The van der Waals surface area contributed by atoms with Crippen molar-refractivity contribution in [2.24, 2.45) is 0 Å². The van der Waals surface area contributed by atoms with Crippen molar-refractivity contribution in [1.29, 1.82) is 0 Å². The second-order valence-electron chi connectivity index (χ2n) is 14.0. The van der Waals surface area contributed by atoms with Gasteiger partial charge in [-0.15, -0.1) is 0 Å². The zero-order valence-electron chi connectivity index (χ0n) is 31.5. The van der Waals surface area contributed by atoms with Gasteiger partial charge in [-0.3, -0.25) is 14.1 Å². The van der Waals surface area contributed by atoms with E-state index in [1.165, 1.54) is 77.0 Å². The fourth-order valence-electron chi connectivity index (χ4n) is 5.95. The maximum absolute atomic E-state index is 12.7. The van der Waals surface area contributed by atoms with Gasteiger partial charge in [-0.2, -0.15) is 8.42 Å². The van der Waals surface area contributed by atoms with Crippen molar-refractivity contribution in [1.82, 2.24) is 0 Å². The van der Waals surface area contributed by atoms with Gasteiger partial charge in [0, 0.05) is 12.8 Å². The van der Waals surface area contributed by atoms with E-state index in [0.717, 1.165) is 44.9 Å². The van der Waals surface area contributed by atoms with Crippen LogP contribution in [0.4, 0.5) is 0 Å². The monoisotopic (exact) mass is 750 g/mol. The molecular formula is C38H70O12S. The zero-order chi connectivity index (χ0) is 37.7. The van der Waals surface area contributed by atoms with E-state index < -0.39 is 71.2 Å². The molecule has 1 aliphatic rings. The number of unbranched alkanes of at least 4 members (excludes halogenated alkanes) is 18. The lowest BCUT2D eigenvalue weighted by Crippen LogP contribution is -2.60. The van der Waals surface area contributed by atoms with Gasteiger partial charge in [-0.25, -0.2) is 0 Å². The number of aliphatic hydroxyl groups excluding tert-OH is 3. The molecule has 0 bridgehead atoms. The third-order valence-electron chi connectivity index (χ3n) is 9.10. The molecule has 0 radical (unpaired) electrons. The lowest BCUT2D eigenvalue weighted by molar-refractivity contribution is -0.297. The third-order valence-corrected chi connectivity index (χ3v) is 9.85. The Morgan fingerprint density at radius 1 is 0.647 bits per heavy atom. The van der Waals surface area contributed by atoms with Crippen molar-refractivity contribution in [3.63, 3.8) is 0 Å². The molecule has 6 atom stereocenters. The Hall–Kier alpha value is -1.61. The standard InChI is InChI=1S/C38H70O12S/c1-3-5-7-9-11-13-14-15-16-17-18-19-21-23-25-27-34(40)49-31(28-47-33(39)26-24-22-20-12-10-8-6-4-2)29-48-38-37(43)36(42)35(41)32(50-38)30-51(44,45)46/h9,11,31-32,35-38,41-43H,3-8,10,12-30H2,1-2H3,(H,44,45,46)/b11-9+/t31-,32-,35-,36?,37?,38+/m1/s1. The van der Waals surface area contributed by atoms with Gasteiger partial charge in [-0.05, 0) is 32.1 Å². The van der Waals surface area contributed by atoms with Gasteiger partial charge in [-0.1, -0.05) is 129 Å². The molecule has 0 aromatic heterocycles. The number of esters is 2. The van der Waals surface area contributed by atoms with Crippen LogP contribution in [0.5, 0.6) is 0 Å². The minimum atomic E-state index is -4.59. The smallest absolute Gasteiger partial charge is 0.306 e. The summed E-state index contributed by atoms with van der Waals surface area (Å²) >= 11 is 0. The van der Waals surface area contributed by atoms with Gasteiger partial charge < -0.3 is 34.3 Å². The summed E-state index contributed by atoms with van der Waals surface area (Å²) in [7, 11) is -4.59. The first-order chi connectivity index (χ1) is 24.5. The van der Waals surface area contributed by atoms with Crippen LogP contribution in [0.25, 0.3) is 0 Å². The fraction of sp³-hybridized carbons (Fsp3) is 0.895. The molecule has 0 aromatic carbocycles. The van der Waals surface area contributed by atoms with E-state index in [-0.39, 0.29) is 19.4 Å². The molecule has 0 aromatic rings. The van der Waals surface area contributed by atoms with Gasteiger partial charge >= 0.3 is 11.9 Å². The number of carbonyl (C=O) groups excluding carboxylic acids is 2. The number of rotatable bonds is 32. The fourth-order valence-corrected chi connectivity index (χ4v) is 6.64. The Bertz CT molecular complexity index is 1020. The number of carbonyl (C=O) groups is 2. The molecule has 12 nitrogen and oxygen atoms in total. The quantitative estimate of drug-likeness (QED) is 0.0247. The van der Waals surface area contributed by atoms with E-state index in [9.17, 15) is 37.9 Å². The van der Waals surface area contributed by atoms with Crippen molar-refractivity contribution in [2.45, 2.75) is 198 Å². The Morgan fingerprint density at radius 2 is 1.14 bits per heavy atom. The van der Waals surface area contributed by atoms with Crippen molar-refractivity contribution in [3.8, 4) is 0 Å². The van der Waals surface area contributed by atoms with Gasteiger partial charge in [0.1, 0.15) is 36.8 Å². The first-order valence-corrected chi connectivity index (χ1v) is 21.4. The predicted molar refractivity (Wildman–Crippen MR) is 197 cm³/mol. The number of hydrogen-bond donors (Lipinski definition) is 4. The predicted octanol–water partition coefficient (Wildman–Crippen LogP) is 6.72. The summed E-state index contributed by atoms with van der Waals surface area (Å²) in [5, 5.41) is 30.7. The van der Waals surface area contributed by atoms with Gasteiger partial charge in [0.05, 0.1) is 6.61 Å². The van der Waals surface area contributed by atoms with E-state index in [1.54, 1.807) is 0 Å². The van der Waals surface area contributed by atoms with E-state index in [4.69, 9.17) is 18.9 Å². The van der Waals surface area contributed by atoms with Crippen LogP contribution in [0.3, 0.4) is 0 Å². The van der Waals surface area contributed by atoms with E-state index in [0.29, 0.717) is 12.8 Å². The summed E-state index contributed by atoms with van der Waals surface area (Å²) in [4.78, 5) is 25.2. The zero-order valence-corrected chi connectivity index (χ0v) is 32.3. The SMILES string of the molecule is CCCC/C=C/CCCCCCCCCCCC(=O)O[C@H](COC(=O)CCCCCCCCCC)CO[C@H]1O[C@H](CS(=O)(=O)O)[C@@H](O)C(O)C1O. The normalized spacial score (nSPS) is 21.6. The molecule has 2 unspecified atom stereocenters.